The van der Waals surface area contributed by atoms with Crippen LogP contribution in [0.25, 0.3) is 0 Å². The molecule has 17 heavy (non-hydrogen) atoms. The summed E-state index contributed by atoms with van der Waals surface area (Å²) in [6, 6.07) is 2.93. The summed E-state index contributed by atoms with van der Waals surface area (Å²) in [6.07, 6.45) is 2.10. The first-order valence-corrected chi connectivity index (χ1v) is 6.79. The molecule has 0 saturated heterocycles. The zero-order valence-electron chi connectivity index (χ0n) is 9.70. The van der Waals surface area contributed by atoms with Crippen LogP contribution in [0.3, 0.4) is 0 Å². The fraction of sp³-hybridized carbons (Fsp3) is 0.500. The van der Waals surface area contributed by atoms with Crippen LogP contribution in [0.2, 0.25) is 0 Å². The van der Waals surface area contributed by atoms with Crippen molar-refractivity contribution in [1.29, 1.82) is 0 Å². The van der Waals surface area contributed by atoms with Gasteiger partial charge in [-0.05, 0) is 18.6 Å². The molecule has 3 N–H and O–H groups in total. The van der Waals surface area contributed by atoms with Crippen LogP contribution in [-0.2, 0) is 10.0 Å². The maximum absolute atomic E-state index is 12.2. The van der Waals surface area contributed by atoms with Gasteiger partial charge in [0.2, 0.25) is 10.0 Å². The van der Waals surface area contributed by atoms with Crippen LogP contribution in [0.4, 0.5) is 5.82 Å². The van der Waals surface area contributed by atoms with Crippen LogP contribution >= 0.6 is 0 Å². The van der Waals surface area contributed by atoms with E-state index in [1.165, 1.54) is 22.6 Å². The first-order valence-electron chi connectivity index (χ1n) is 5.35. The minimum Gasteiger partial charge on any atom is -0.395 e. The topological polar surface area (TPSA) is 96.5 Å². The van der Waals surface area contributed by atoms with E-state index in [4.69, 9.17) is 10.8 Å². The molecule has 0 saturated carbocycles. The summed E-state index contributed by atoms with van der Waals surface area (Å²) >= 11 is 0. The van der Waals surface area contributed by atoms with E-state index in [9.17, 15) is 8.42 Å². The monoisotopic (exact) mass is 259 g/mol. The Balaban J connectivity index is 3.12. The van der Waals surface area contributed by atoms with Crippen molar-refractivity contribution in [2.45, 2.75) is 18.2 Å². The van der Waals surface area contributed by atoms with Crippen molar-refractivity contribution in [3.63, 3.8) is 0 Å². The minimum absolute atomic E-state index is 0.0121. The molecule has 1 aromatic rings. The quantitative estimate of drug-likeness (QED) is 0.753. The number of hydrogen-bond acceptors (Lipinski definition) is 5. The molecule has 0 aliphatic rings. The van der Waals surface area contributed by atoms with Crippen molar-refractivity contribution in [3.05, 3.63) is 18.3 Å². The third-order valence-electron chi connectivity index (χ3n) is 2.24. The van der Waals surface area contributed by atoms with Gasteiger partial charge in [-0.25, -0.2) is 13.4 Å². The van der Waals surface area contributed by atoms with Crippen molar-refractivity contribution in [2.75, 3.05) is 25.4 Å². The second kappa shape index (κ2) is 5.95. The van der Waals surface area contributed by atoms with Gasteiger partial charge in [-0.15, -0.1) is 0 Å². The second-order valence-corrected chi connectivity index (χ2v) is 5.42. The number of pyridine rings is 1. The molecule has 0 radical (unpaired) electrons. The summed E-state index contributed by atoms with van der Waals surface area (Å²) in [4.78, 5) is 3.75. The summed E-state index contributed by atoms with van der Waals surface area (Å²) < 4.78 is 25.7. The lowest BCUT2D eigenvalue weighted by Crippen LogP contribution is -2.34. The van der Waals surface area contributed by atoms with Crippen LogP contribution in [-0.4, -0.2) is 42.5 Å². The van der Waals surface area contributed by atoms with E-state index in [1.807, 2.05) is 6.92 Å². The van der Waals surface area contributed by atoms with Gasteiger partial charge in [0.15, 0.2) is 0 Å². The van der Waals surface area contributed by atoms with Gasteiger partial charge in [0.05, 0.1) is 6.61 Å². The van der Waals surface area contributed by atoms with E-state index in [-0.39, 0.29) is 23.9 Å². The zero-order valence-corrected chi connectivity index (χ0v) is 10.5. The Morgan fingerprint density at radius 1 is 1.47 bits per heavy atom. The molecule has 96 valence electrons. The SMILES string of the molecule is CCCN(CCO)S(=O)(=O)c1cccnc1N. The highest BCUT2D eigenvalue weighted by Crippen LogP contribution is 2.19. The average Bonchev–Trinajstić information content (AvgIpc) is 2.29. The van der Waals surface area contributed by atoms with Crippen LogP contribution in [0.15, 0.2) is 23.2 Å². The predicted octanol–water partition coefficient (Wildman–Crippen LogP) is 0.0568. The molecule has 1 aromatic heterocycles. The molecule has 0 unspecified atom stereocenters. The lowest BCUT2D eigenvalue weighted by atomic mass is 10.5. The summed E-state index contributed by atoms with van der Waals surface area (Å²) in [7, 11) is -3.67. The lowest BCUT2D eigenvalue weighted by Gasteiger charge is -2.20. The Bertz CT molecular complexity index is 456. The number of nitrogens with two attached hydrogens (primary N) is 1. The lowest BCUT2D eigenvalue weighted by molar-refractivity contribution is 0.253. The summed E-state index contributed by atoms with van der Waals surface area (Å²) in [6.45, 7) is 2.05. The van der Waals surface area contributed by atoms with Crippen molar-refractivity contribution in [3.8, 4) is 0 Å². The summed E-state index contributed by atoms with van der Waals surface area (Å²) in [5.74, 6) is -0.0217. The van der Waals surface area contributed by atoms with Crippen LogP contribution in [0.5, 0.6) is 0 Å². The number of nitrogens with zero attached hydrogens (tertiary/aromatic N) is 2. The molecule has 6 nitrogen and oxygen atoms in total. The predicted molar refractivity (Wildman–Crippen MR) is 64.8 cm³/mol. The number of nitrogen functional groups attached to an aromatic ring is 1. The molecule has 0 atom stereocenters. The highest BCUT2D eigenvalue weighted by Gasteiger charge is 2.25. The van der Waals surface area contributed by atoms with Gasteiger partial charge in [0.25, 0.3) is 0 Å². The fourth-order valence-electron chi connectivity index (χ4n) is 1.47. The average molecular weight is 259 g/mol. The highest BCUT2D eigenvalue weighted by atomic mass is 32.2. The van der Waals surface area contributed by atoms with Crippen molar-refractivity contribution >= 4 is 15.8 Å². The number of aliphatic hydroxyl groups is 1. The molecule has 0 aromatic carbocycles. The smallest absolute Gasteiger partial charge is 0.246 e. The molecule has 1 rings (SSSR count). The third kappa shape index (κ3) is 3.15. The van der Waals surface area contributed by atoms with Gasteiger partial charge in [-0.2, -0.15) is 4.31 Å². The van der Waals surface area contributed by atoms with E-state index in [1.54, 1.807) is 0 Å². The molecular formula is C10H17N3O3S. The number of sulfonamides is 1. The van der Waals surface area contributed by atoms with Crippen molar-refractivity contribution in [1.82, 2.24) is 9.29 Å². The highest BCUT2D eigenvalue weighted by molar-refractivity contribution is 7.89. The number of aromatic nitrogens is 1. The van der Waals surface area contributed by atoms with E-state index in [0.717, 1.165) is 0 Å². The second-order valence-electron chi connectivity index (χ2n) is 3.51. The van der Waals surface area contributed by atoms with Crippen LogP contribution in [0.1, 0.15) is 13.3 Å². The zero-order chi connectivity index (χ0) is 12.9. The third-order valence-corrected chi connectivity index (χ3v) is 4.19. The maximum atomic E-state index is 12.2. The summed E-state index contributed by atoms with van der Waals surface area (Å²) in [5, 5.41) is 8.89. The Labute approximate surface area is 101 Å². The Morgan fingerprint density at radius 2 is 2.18 bits per heavy atom. The number of aliphatic hydroxyl groups excluding tert-OH is 1. The molecule has 0 fully saturated rings. The van der Waals surface area contributed by atoms with Gasteiger partial charge in [0, 0.05) is 19.3 Å². The number of hydrogen-bond donors (Lipinski definition) is 2. The number of rotatable bonds is 6. The van der Waals surface area contributed by atoms with Crippen LogP contribution in [0, 0.1) is 0 Å². The van der Waals surface area contributed by atoms with E-state index in [2.05, 4.69) is 4.98 Å². The van der Waals surface area contributed by atoms with Crippen molar-refractivity contribution < 1.29 is 13.5 Å². The van der Waals surface area contributed by atoms with E-state index in [0.29, 0.717) is 13.0 Å². The molecule has 0 aliphatic heterocycles. The molecular weight excluding hydrogens is 242 g/mol. The standard InChI is InChI=1S/C10H17N3O3S/c1-2-6-13(7-8-14)17(15,16)9-4-3-5-12-10(9)11/h3-5,14H,2,6-8H2,1H3,(H2,11,12). The Morgan fingerprint density at radius 3 is 2.71 bits per heavy atom. The Kier molecular flexibility index (Phi) is 4.86. The fourth-order valence-corrected chi connectivity index (χ4v) is 3.06. The van der Waals surface area contributed by atoms with Gasteiger partial charge in [0.1, 0.15) is 10.7 Å². The van der Waals surface area contributed by atoms with Crippen LogP contribution < -0.4 is 5.73 Å². The van der Waals surface area contributed by atoms with Gasteiger partial charge >= 0.3 is 0 Å². The maximum Gasteiger partial charge on any atom is 0.246 e. The molecule has 0 spiro atoms. The molecule has 0 bridgehead atoms. The molecule has 0 amide bonds. The van der Waals surface area contributed by atoms with E-state index >= 15 is 0 Å². The van der Waals surface area contributed by atoms with Gasteiger partial charge in [-0.3, -0.25) is 0 Å². The van der Waals surface area contributed by atoms with Gasteiger partial charge in [-0.1, -0.05) is 6.92 Å². The van der Waals surface area contributed by atoms with E-state index < -0.39 is 10.0 Å². The first-order chi connectivity index (χ1) is 8.04. The minimum atomic E-state index is -3.67. The molecule has 1 heterocycles. The van der Waals surface area contributed by atoms with Gasteiger partial charge < -0.3 is 10.8 Å². The van der Waals surface area contributed by atoms with Crippen molar-refractivity contribution in [2.24, 2.45) is 0 Å². The summed E-state index contributed by atoms with van der Waals surface area (Å²) in [5.41, 5.74) is 5.56. The molecule has 7 heteroatoms. The Hall–Kier alpha value is -1.18. The normalized spacial score (nSPS) is 11.9. The number of anilines is 1. The molecule has 0 aliphatic carbocycles. The first kappa shape index (κ1) is 13.9. The largest absolute Gasteiger partial charge is 0.395 e.